The van der Waals surface area contributed by atoms with Gasteiger partial charge >= 0.3 is 17.8 Å². The molecule has 0 fully saturated rings. The molecular formula is C9H7F2NO5. The number of carboxylic acid groups (broad SMARTS) is 1. The molecule has 0 spiro atoms. The molecule has 1 rings (SSSR count). The summed E-state index contributed by atoms with van der Waals surface area (Å²) in [5.41, 5.74) is -0.595. The summed E-state index contributed by atoms with van der Waals surface area (Å²) in [6.07, 6.45) is -4.52. The number of hydrogen-bond acceptors (Lipinski definition) is 4. The molecule has 92 valence electrons. The normalized spacial score (nSPS) is 11.0. The van der Waals surface area contributed by atoms with Crippen molar-refractivity contribution in [3.63, 3.8) is 0 Å². The van der Waals surface area contributed by atoms with Crippen molar-refractivity contribution in [3.8, 4) is 5.75 Å². The molecule has 0 aliphatic heterocycles. The first-order chi connectivity index (χ1) is 7.75. The van der Waals surface area contributed by atoms with Gasteiger partial charge in [-0.05, 0) is 13.0 Å². The highest BCUT2D eigenvalue weighted by Gasteiger charge is 2.44. The van der Waals surface area contributed by atoms with Crippen LogP contribution in [0.25, 0.3) is 0 Å². The number of ether oxygens (including phenoxy) is 1. The largest absolute Gasteiger partial charge is 0.502 e. The van der Waals surface area contributed by atoms with Crippen LogP contribution in [-0.4, -0.2) is 22.1 Å². The van der Waals surface area contributed by atoms with Crippen molar-refractivity contribution in [1.82, 2.24) is 0 Å². The SMILES string of the molecule is Cc1cccc(OC(F)(F)C(=O)O)c1[N+](=O)[O-]. The molecule has 17 heavy (non-hydrogen) atoms. The van der Waals surface area contributed by atoms with Crippen LogP contribution in [0.3, 0.4) is 0 Å². The number of para-hydroxylation sites is 1. The Bertz CT molecular complexity index is 474. The summed E-state index contributed by atoms with van der Waals surface area (Å²) in [6, 6.07) is 3.47. The van der Waals surface area contributed by atoms with E-state index in [-0.39, 0.29) is 5.56 Å². The van der Waals surface area contributed by atoms with Crippen LogP contribution in [0.5, 0.6) is 5.75 Å². The van der Waals surface area contributed by atoms with E-state index in [1.165, 1.54) is 19.1 Å². The Morgan fingerprint density at radius 3 is 2.59 bits per heavy atom. The number of halogens is 2. The summed E-state index contributed by atoms with van der Waals surface area (Å²) in [5, 5.41) is 18.8. The van der Waals surface area contributed by atoms with Crippen molar-refractivity contribution >= 4 is 11.7 Å². The van der Waals surface area contributed by atoms with E-state index in [0.717, 1.165) is 6.07 Å². The van der Waals surface area contributed by atoms with Crippen LogP contribution in [0.15, 0.2) is 18.2 Å². The average molecular weight is 247 g/mol. The van der Waals surface area contributed by atoms with Crippen molar-refractivity contribution in [1.29, 1.82) is 0 Å². The van der Waals surface area contributed by atoms with E-state index in [1.54, 1.807) is 0 Å². The molecule has 8 heteroatoms. The summed E-state index contributed by atoms with van der Waals surface area (Å²) in [6.45, 7) is 1.32. The van der Waals surface area contributed by atoms with E-state index in [2.05, 4.69) is 4.74 Å². The van der Waals surface area contributed by atoms with Crippen LogP contribution < -0.4 is 4.74 Å². The van der Waals surface area contributed by atoms with Crippen molar-refractivity contribution in [3.05, 3.63) is 33.9 Å². The number of hydrogen-bond donors (Lipinski definition) is 1. The molecule has 0 unspecified atom stereocenters. The highest BCUT2D eigenvalue weighted by atomic mass is 19.3. The number of aliphatic carboxylic acids is 1. The second-order valence-corrected chi connectivity index (χ2v) is 3.10. The van der Waals surface area contributed by atoms with Gasteiger partial charge in [0.15, 0.2) is 0 Å². The lowest BCUT2D eigenvalue weighted by molar-refractivity contribution is -0.387. The molecule has 1 N–H and O–H groups in total. The summed E-state index contributed by atoms with van der Waals surface area (Å²) in [7, 11) is 0. The minimum absolute atomic E-state index is 0.0914. The van der Waals surface area contributed by atoms with Crippen LogP contribution >= 0.6 is 0 Å². The number of benzene rings is 1. The van der Waals surface area contributed by atoms with E-state index in [4.69, 9.17) is 5.11 Å². The predicted octanol–water partition coefficient (Wildman–Crippen LogP) is 1.96. The van der Waals surface area contributed by atoms with Gasteiger partial charge in [0, 0.05) is 5.56 Å². The predicted molar refractivity (Wildman–Crippen MR) is 51.0 cm³/mol. The Balaban J connectivity index is 3.20. The first-order valence-electron chi connectivity index (χ1n) is 4.30. The molecule has 1 aromatic carbocycles. The maximum absolute atomic E-state index is 12.8. The fourth-order valence-corrected chi connectivity index (χ4v) is 1.13. The van der Waals surface area contributed by atoms with E-state index in [1.807, 2.05) is 0 Å². The van der Waals surface area contributed by atoms with E-state index >= 15 is 0 Å². The van der Waals surface area contributed by atoms with Gasteiger partial charge in [-0.2, -0.15) is 8.78 Å². The van der Waals surface area contributed by atoms with Crippen molar-refractivity contribution in [2.75, 3.05) is 0 Å². The van der Waals surface area contributed by atoms with Gasteiger partial charge in [0.1, 0.15) is 0 Å². The monoisotopic (exact) mass is 247 g/mol. The third-order valence-corrected chi connectivity index (χ3v) is 1.87. The average Bonchev–Trinajstić information content (AvgIpc) is 2.15. The third-order valence-electron chi connectivity index (χ3n) is 1.87. The van der Waals surface area contributed by atoms with Crippen LogP contribution in [0.2, 0.25) is 0 Å². The molecule has 0 aromatic heterocycles. The fraction of sp³-hybridized carbons (Fsp3) is 0.222. The summed E-state index contributed by atoms with van der Waals surface area (Å²) < 4.78 is 29.4. The molecule has 0 heterocycles. The second kappa shape index (κ2) is 4.32. The Morgan fingerprint density at radius 1 is 1.53 bits per heavy atom. The number of nitro benzene ring substituents is 1. The van der Waals surface area contributed by atoms with Gasteiger partial charge in [-0.25, -0.2) is 4.79 Å². The third kappa shape index (κ3) is 2.65. The number of nitro groups is 1. The van der Waals surface area contributed by atoms with Gasteiger partial charge < -0.3 is 9.84 Å². The number of aryl methyl sites for hydroxylation is 1. The number of carbonyl (C=O) groups is 1. The molecule has 0 atom stereocenters. The molecule has 0 aliphatic rings. The van der Waals surface area contributed by atoms with Gasteiger partial charge in [-0.15, -0.1) is 0 Å². The van der Waals surface area contributed by atoms with E-state index in [0.29, 0.717) is 0 Å². The lowest BCUT2D eigenvalue weighted by atomic mass is 10.2. The minimum Gasteiger partial charge on any atom is -0.474 e. The fourth-order valence-electron chi connectivity index (χ4n) is 1.13. The maximum atomic E-state index is 12.8. The number of rotatable bonds is 4. The molecule has 0 radical (unpaired) electrons. The summed E-state index contributed by atoms with van der Waals surface area (Å²) in [4.78, 5) is 19.9. The Kier molecular flexibility index (Phi) is 3.26. The molecule has 0 saturated carbocycles. The van der Waals surface area contributed by atoms with Crippen LogP contribution in [0, 0.1) is 17.0 Å². The lowest BCUT2D eigenvalue weighted by Gasteiger charge is -2.13. The summed E-state index contributed by atoms with van der Waals surface area (Å²) >= 11 is 0. The van der Waals surface area contributed by atoms with Gasteiger partial charge in [0.2, 0.25) is 5.75 Å². The van der Waals surface area contributed by atoms with Crippen LogP contribution in [-0.2, 0) is 4.79 Å². The number of carboxylic acids is 1. The Hall–Kier alpha value is -2.25. The van der Waals surface area contributed by atoms with Crippen molar-refractivity contribution < 1.29 is 28.3 Å². The highest BCUT2D eigenvalue weighted by Crippen LogP contribution is 2.33. The molecular weight excluding hydrogens is 240 g/mol. The van der Waals surface area contributed by atoms with Crippen molar-refractivity contribution in [2.24, 2.45) is 0 Å². The van der Waals surface area contributed by atoms with Gasteiger partial charge in [0.25, 0.3) is 0 Å². The minimum atomic E-state index is -4.52. The quantitative estimate of drug-likeness (QED) is 0.648. The van der Waals surface area contributed by atoms with Crippen molar-refractivity contribution in [2.45, 2.75) is 13.0 Å². The first kappa shape index (κ1) is 12.8. The lowest BCUT2D eigenvalue weighted by Crippen LogP contribution is -2.35. The standard InChI is InChI=1S/C9H7F2NO5/c1-5-3-2-4-6(7(5)12(15)16)17-9(10,11)8(13)14/h2-4H,1H3,(H,13,14). The zero-order chi connectivity index (χ0) is 13.2. The van der Waals surface area contributed by atoms with Gasteiger partial charge in [-0.3, -0.25) is 10.1 Å². The Labute approximate surface area is 93.6 Å². The van der Waals surface area contributed by atoms with Gasteiger partial charge in [0.05, 0.1) is 4.92 Å². The summed E-state index contributed by atoms with van der Waals surface area (Å²) in [5.74, 6) is -3.31. The van der Waals surface area contributed by atoms with Crippen LogP contribution in [0.4, 0.5) is 14.5 Å². The smallest absolute Gasteiger partial charge is 0.474 e. The van der Waals surface area contributed by atoms with E-state index < -0.39 is 28.4 Å². The topological polar surface area (TPSA) is 89.7 Å². The number of nitrogens with zero attached hydrogens (tertiary/aromatic N) is 1. The Morgan fingerprint density at radius 2 is 2.12 bits per heavy atom. The molecule has 0 amide bonds. The zero-order valence-corrected chi connectivity index (χ0v) is 8.52. The maximum Gasteiger partial charge on any atom is 0.502 e. The highest BCUT2D eigenvalue weighted by molar-refractivity contribution is 5.74. The zero-order valence-electron chi connectivity index (χ0n) is 8.52. The first-order valence-corrected chi connectivity index (χ1v) is 4.30. The molecule has 1 aromatic rings. The number of alkyl halides is 2. The molecule has 6 nitrogen and oxygen atoms in total. The molecule has 0 aliphatic carbocycles. The molecule has 0 saturated heterocycles. The second-order valence-electron chi connectivity index (χ2n) is 3.10. The van der Waals surface area contributed by atoms with E-state index in [9.17, 15) is 23.7 Å². The van der Waals surface area contributed by atoms with Crippen LogP contribution in [0.1, 0.15) is 5.56 Å². The molecule has 0 bridgehead atoms. The van der Waals surface area contributed by atoms with Gasteiger partial charge in [-0.1, -0.05) is 12.1 Å².